The Kier molecular flexibility index (Phi) is 7.82. The predicted molar refractivity (Wildman–Crippen MR) is 129 cm³/mol. The maximum absolute atomic E-state index is 14.1. The number of amides is 2. The molecule has 1 aromatic heterocycles. The van der Waals surface area contributed by atoms with Crippen molar-refractivity contribution >= 4 is 23.4 Å². The van der Waals surface area contributed by atoms with E-state index in [1.807, 2.05) is 19.1 Å². The van der Waals surface area contributed by atoms with Crippen molar-refractivity contribution in [3.05, 3.63) is 88.5 Å². The second-order valence-electron chi connectivity index (χ2n) is 7.95. The zero-order valence-corrected chi connectivity index (χ0v) is 20.0. The molecule has 0 spiro atoms. The fourth-order valence-corrected chi connectivity index (χ4v) is 3.97. The highest BCUT2D eigenvalue weighted by Crippen LogP contribution is 2.30. The number of rotatable bonds is 7. The van der Waals surface area contributed by atoms with Crippen molar-refractivity contribution in [1.29, 1.82) is 0 Å². The number of pyridine rings is 1. The number of carbonyl (C=O) groups excluding carboxylic acids is 2. The maximum Gasteiger partial charge on any atom is 0.257 e. The van der Waals surface area contributed by atoms with E-state index in [4.69, 9.17) is 21.1 Å². The van der Waals surface area contributed by atoms with Gasteiger partial charge in [-0.2, -0.15) is 0 Å². The van der Waals surface area contributed by atoms with Crippen molar-refractivity contribution in [2.45, 2.75) is 13.5 Å². The Balaban J connectivity index is 1.40. The fraction of sp³-hybridized carbons (Fsp3) is 0.269. The van der Waals surface area contributed by atoms with Crippen molar-refractivity contribution in [2.24, 2.45) is 0 Å². The minimum Gasteiger partial charge on any atom is -0.490 e. The first-order valence-electron chi connectivity index (χ1n) is 11.3. The number of carbonyl (C=O) groups is 2. The number of benzene rings is 2. The average molecular weight is 498 g/mol. The number of ether oxygens (including phenoxy) is 2. The molecule has 2 heterocycles. The molecule has 182 valence electrons. The van der Waals surface area contributed by atoms with Crippen molar-refractivity contribution in [1.82, 2.24) is 14.8 Å². The molecule has 2 amide bonds. The number of hydrogen-bond acceptors (Lipinski definition) is 5. The molecule has 0 atom stereocenters. The van der Waals surface area contributed by atoms with Gasteiger partial charge in [0.05, 0.1) is 12.2 Å². The summed E-state index contributed by atoms with van der Waals surface area (Å²) in [5.74, 6) is -0.220. The van der Waals surface area contributed by atoms with Crippen LogP contribution in [0.5, 0.6) is 11.5 Å². The molecule has 35 heavy (non-hydrogen) atoms. The summed E-state index contributed by atoms with van der Waals surface area (Å²) in [7, 11) is 0. The second kappa shape index (κ2) is 11.2. The van der Waals surface area contributed by atoms with E-state index in [0.29, 0.717) is 61.5 Å². The number of nitrogens with zero attached hydrogens (tertiary/aromatic N) is 3. The SMILES string of the molecule is CCOc1cc(C(=O)N2CCN(C(=O)c3cc(Cl)ccc3F)CC2)ccc1OCc1cccnc1. The van der Waals surface area contributed by atoms with Crippen LogP contribution in [0.1, 0.15) is 33.2 Å². The van der Waals surface area contributed by atoms with E-state index in [0.717, 1.165) is 5.56 Å². The van der Waals surface area contributed by atoms with Gasteiger partial charge in [-0.05, 0) is 49.4 Å². The van der Waals surface area contributed by atoms with Crippen LogP contribution >= 0.6 is 11.6 Å². The lowest BCUT2D eigenvalue weighted by Crippen LogP contribution is -2.50. The number of aromatic nitrogens is 1. The zero-order chi connectivity index (χ0) is 24.8. The van der Waals surface area contributed by atoms with E-state index in [-0.39, 0.29) is 11.5 Å². The summed E-state index contributed by atoms with van der Waals surface area (Å²) >= 11 is 5.92. The molecule has 1 saturated heterocycles. The minimum atomic E-state index is -0.618. The Hall–Kier alpha value is -3.65. The monoisotopic (exact) mass is 497 g/mol. The predicted octanol–water partition coefficient (Wildman–Crippen LogP) is 4.45. The largest absolute Gasteiger partial charge is 0.490 e. The first kappa shape index (κ1) is 24.5. The van der Waals surface area contributed by atoms with Gasteiger partial charge in [0.2, 0.25) is 0 Å². The van der Waals surface area contributed by atoms with Crippen molar-refractivity contribution < 1.29 is 23.5 Å². The molecule has 9 heteroatoms. The highest BCUT2D eigenvalue weighted by molar-refractivity contribution is 6.31. The van der Waals surface area contributed by atoms with Crippen LogP contribution in [0.3, 0.4) is 0 Å². The molecule has 0 radical (unpaired) electrons. The molecule has 0 unspecified atom stereocenters. The number of piperazine rings is 1. The fourth-order valence-electron chi connectivity index (χ4n) is 3.80. The van der Waals surface area contributed by atoms with Gasteiger partial charge in [-0.1, -0.05) is 17.7 Å². The van der Waals surface area contributed by atoms with E-state index in [9.17, 15) is 14.0 Å². The lowest BCUT2D eigenvalue weighted by atomic mass is 10.1. The van der Waals surface area contributed by atoms with E-state index >= 15 is 0 Å². The Bertz CT molecular complexity index is 1200. The van der Waals surface area contributed by atoms with Gasteiger partial charge in [-0.25, -0.2) is 4.39 Å². The highest BCUT2D eigenvalue weighted by Gasteiger charge is 2.27. The minimum absolute atomic E-state index is 0.0690. The molecule has 1 fully saturated rings. The maximum atomic E-state index is 14.1. The van der Waals surface area contributed by atoms with Crippen LogP contribution in [-0.2, 0) is 6.61 Å². The molecule has 1 aliphatic heterocycles. The van der Waals surface area contributed by atoms with Gasteiger partial charge in [0, 0.05) is 54.7 Å². The topological polar surface area (TPSA) is 72.0 Å². The lowest BCUT2D eigenvalue weighted by molar-refractivity contribution is 0.0532. The van der Waals surface area contributed by atoms with Crippen LogP contribution < -0.4 is 9.47 Å². The summed E-state index contributed by atoms with van der Waals surface area (Å²) in [5.41, 5.74) is 1.31. The van der Waals surface area contributed by atoms with E-state index in [1.54, 1.807) is 35.5 Å². The third kappa shape index (κ3) is 5.89. The Labute approximate surface area is 208 Å². The number of halogens is 2. The summed E-state index contributed by atoms with van der Waals surface area (Å²) in [5, 5.41) is 0.293. The summed E-state index contributed by atoms with van der Waals surface area (Å²) in [6, 6.07) is 12.7. The van der Waals surface area contributed by atoms with Crippen LogP contribution in [0, 0.1) is 5.82 Å². The summed E-state index contributed by atoms with van der Waals surface area (Å²) < 4.78 is 25.7. The van der Waals surface area contributed by atoms with Gasteiger partial charge in [0.15, 0.2) is 11.5 Å². The standard InChI is InChI=1S/C26H25ClFN3O4/c1-2-34-24-14-19(5-8-23(24)35-17-18-4-3-9-29-16-18)25(32)30-10-12-31(13-11-30)26(33)21-15-20(27)6-7-22(21)28/h3-9,14-16H,2,10-13,17H2,1H3. The smallest absolute Gasteiger partial charge is 0.257 e. The van der Waals surface area contributed by atoms with E-state index in [2.05, 4.69) is 4.98 Å². The molecule has 4 rings (SSSR count). The molecular weight excluding hydrogens is 473 g/mol. The highest BCUT2D eigenvalue weighted by atomic mass is 35.5. The van der Waals surface area contributed by atoms with Gasteiger partial charge >= 0.3 is 0 Å². The first-order chi connectivity index (χ1) is 17.0. The van der Waals surface area contributed by atoms with Gasteiger partial charge < -0.3 is 19.3 Å². The molecule has 7 nitrogen and oxygen atoms in total. The average Bonchev–Trinajstić information content (AvgIpc) is 2.89. The summed E-state index contributed by atoms with van der Waals surface area (Å²) in [6.07, 6.45) is 3.42. The van der Waals surface area contributed by atoms with Gasteiger partial charge in [0.25, 0.3) is 11.8 Å². The van der Waals surface area contributed by atoms with Gasteiger partial charge in [0.1, 0.15) is 12.4 Å². The van der Waals surface area contributed by atoms with Crippen LogP contribution in [0.4, 0.5) is 4.39 Å². The molecule has 0 N–H and O–H groups in total. The summed E-state index contributed by atoms with van der Waals surface area (Å²) in [6.45, 7) is 3.85. The summed E-state index contributed by atoms with van der Waals surface area (Å²) in [4.78, 5) is 33.1. The van der Waals surface area contributed by atoms with Gasteiger partial charge in [-0.15, -0.1) is 0 Å². The Morgan fingerprint density at radius 2 is 1.71 bits per heavy atom. The second-order valence-corrected chi connectivity index (χ2v) is 8.39. The quantitative estimate of drug-likeness (QED) is 0.482. The van der Waals surface area contributed by atoms with Gasteiger partial charge in [-0.3, -0.25) is 14.6 Å². The first-order valence-corrected chi connectivity index (χ1v) is 11.7. The molecule has 2 aromatic carbocycles. The third-order valence-electron chi connectivity index (χ3n) is 5.62. The molecule has 1 aliphatic rings. The Morgan fingerprint density at radius 3 is 2.40 bits per heavy atom. The molecule has 0 bridgehead atoms. The van der Waals surface area contributed by atoms with Crippen LogP contribution in [0.25, 0.3) is 0 Å². The van der Waals surface area contributed by atoms with Crippen molar-refractivity contribution in [3.8, 4) is 11.5 Å². The molecular formula is C26H25ClFN3O4. The van der Waals surface area contributed by atoms with Crippen LogP contribution in [0.2, 0.25) is 5.02 Å². The zero-order valence-electron chi connectivity index (χ0n) is 19.2. The molecule has 0 aliphatic carbocycles. The molecule has 0 saturated carbocycles. The molecule has 3 aromatic rings. The van der Waals surface area contributed by atoms with E-state index < -0.39 is 11.7 Å². The van der Waals surface area contributed by atoms with Crippen LogP contribution in [0.15, 0.2) is 60.9 Å². The Morgan fingerprint density at radius 1 is 0.971 bits per heavy atom. The van der Waals surface area contributed by atoms with Crippen LogP contribution in [-0.4, -0.2) is 59.4 Å². The normalized spacial score (nSPS) is 13.5. The third-order valence-corrected chi connectivity index (χ3v) is 5.86. The lowest BCUT2D eigenvalue weighted by Gasteiger charge is -2.35. The van der Waals surface area contributed by atoms with Crippen molar-refractivity contribution in [3.63, 3.8) is 0 Å². The van der Waals surface area contributed by atoms with E-state index in [1.165, 1.54) is 23.1 Å². The van der Waals surface area contributed by atoms with Crippen molar-refractivity contribution in [2.75, 3.05) is 32.8 Å². The number of hydrogen-bond donors (Lipinski definition) is 0.